The molecule has 4 atom stereocenters. The minimum absolute atomic E-state index is 0.162. The molecule has 0 saturated carbocycles. The van der Waals surface area contributed by atoms with Crippen molar-refractivity contribution < 1.29 is 23.0 Å². The first-order valence-corrected chi connectivity index (χ1v) is 8.90. The zero-order valence-corrected chi connectivity index (χ0v) is 15.1. The van der Waals surface area contributed by atoms with Crippen LogP contribution in [0.25, 0.3) is 0 Å². The van der Waals surface area contributed by atoms with Gasteiger partial charge in [-0.05, 0) is 12.1 Å². The first kappa shape index (κ1) is 19.9. The van der Waals surface area contributed by atoms with Gasteiger partial charge in [0.05, 0.1) is 11.5 Å². The molecule has 28 heavy (non-hydrogen) atoms. The summed E-state index contributed by atoms with van der Waals surface area (Å²) in [5, 5.41) is 0. The molecule has 0 spiro atoms. The summed E-state index contributed by atoms with van der Waals surface area (Å²) in [6.07, 6.45) is -1.66. The van der Waals surface area contributed by atoms with Crippen molar-refractivity contribution in [2.24, 2.45) is 5.92 Å². The zero-order chi connectivity index (χ0) is 20.3. The van der Waals surface area contributed by atoms with E-state index in [9.17, 15) is 18.8 Å². The zero-order valence-electron chi connectivity index (χ0n) is 15.1. The van der Waals surface area contributed by atoms with Crippen molar-refractivity contribution in [3.05, 3.63) is 69.0 Å². The monoisotopic (exact) mass is 394 g/mol. The Bertz CT molecular complexity index is 945. The second kappa shape index (κ2) is 8.05. The number of alkyl halides is 2. The van der Waals surface area contributed by atoms with Gasteiger partial charge in [0.25, 0.3) is 5.56 Å². The highest BCUT2D eigenvalue weighted by atomic mass is 19.2. The molecule has 4 unspecified atom stereocenters. The lowest BCUT2D eigenvalue weighted by molar-refractivity contribution is -0.192. The molecule has 3 rings (SSSR count). The minimum Gasteiger partial charge on any atom is -0.452 e. The van der Waals surface area contributed by atoms with E-state index in [1.807, 2.05) is 4.98 Å². The fourth-order valence-electron chi connectivity index (χ4n) is 3.35. The van der Waals surface area contributed by atoms with Crippen molar-refractivity contribution in [3.63, 3.8) is 0 Å². The standard InChI is InChI=1S/C19H20F2N2O5/c1-2-9-19(21)15(27-17(25)12-6-4-3-5-7-12)13(11-20)16(28-19)23-10-8-14(24)22-18(23)26/h3-8,10,13,15-16H,2,9,11H2,1H3,(H,22,24,26). The molecular weight excluding hydrogens is 374 g/mol. The number of aromatic nitrogens is 2. The van der Waals surface area contributed by atoms with Gasteiger partial charge in [-0.15, -0.1) is 0 Å². The number of carbonyl (C=O) groups excluding carboxylic acids is 1. The van der Waals surface area contributed by atoms with Crippen LogP contribution >= 0.6 is 0 Å². The normalized spacial score (nSPS) is 26.9. The molecular formula is C19H20F2N2O5. The molecule has 1 aromatic heterocycles. The summed E-state index contributed by atoms with van der Waals surface area (Å²) in [4.78, 5) is 37.8. The predicted molar refractivity (Wildman–Crippen MR) is 95.3 cm³/mol. The van der Waals surface area contributed by atoms with Crippen molar-refractivity contribution in [1.29, 1.82) is 0 Å². The Morgan fingerprint density at radius 2 is 2.00 bits per heavy atom. The van der Waals surface area contributed by atoms with Crippen molar-refractivity contribution in [3.8, 4) is 0 Å². The van der Waals surface area contributed by atoms with Crippen LogP contribution < -0.4 is 11.2 Å². The van der Waals surface area contributed by atoms with Gasteiger partial charge < -0.3 is 9.47 Å². The molecule has 1 fully saturated rings. The highest BCUT2D eigenvalue weighted by Gasteiger charge is 2.58. The lowest BCUT2D eigenvalue weighted by Crippen LogP contribution is -2.41. The topological polar surface area (TPSA) is 90.4 Å². The van der Waals surface area contributed by atoms with Gasteiger partial charge in [0.2, 0.25) is 5.85 Å². The molecule has 1 aliphatic rings. The number of esters is 1. The highest BCUT2D eigenvalue weighted by Crippen LogP contribution is 2.46. The van der Waals surface area contributed by atoms with Crippen LogP contribution in [0.4, 0.5) is 8.78 Å². The molecule has 7 nitrogen and oxygen atoms in total. The number of nitrogens with zero attached hydrogens (tertiary/aromatic N) is 1. The first-order valence-electron chi connectivity index (χ1n) is 8.90. The highest BCUT2D eigenvalue weighted by molar-refractivity contribution is 5.89. The number of hydrogen-bond donors (Lipinski definition) is 1. The van der Waals surface area contributed by atoms with Crippen LogP contribution in [0.5, 0.6) is 0 Å². The third-order valence-corrected chi connectivity index (χ3v) is 4.63. The molecule has 1 N–H and O–H groups in total. The SMILES string of the molecule is CCCC1(F)OC(n2ccc(=O)[nH]c2=O)C(CF)C1OC(=O)c1ccccc1. The summed E-state index contributed by atoms with van der Waals surface area (Å²) >= 11 is 0. The van der Waals surface area contributed by atoms with Crippen molar-refractivity contribution in [1.82, 2.24) is 9.55 Å². The van der Waals surface area contributed by atoms with Crippen molar-refractivity contribution in [2.45, 2.75) is 38.0 Å². The number of H-pyrrole nitrogens is 1. The molecule has 150 valence electrons. The number of rotatable bonds is 6. The van der Waals surface area contributed by atoms with Gasteiger partial charge in [0, 0.05) is 18.7 Å². The van der Waals surface area contributed by atoms with Gasteiger partial charge in [-0.2, -0.15) is 0 Å². The Hall–Kier alpha value is -2.81. The van der Waals surface area contributed by atoms with Gasteiger partial charge in [-0.25, -0.2) is 14.0 Å². The van der Waals surface area contributed by atoms with Crippen LogP contribution in [-0.2, 0) is 9.47 Å². The van der Waals surface area contributed by atoms with Crippen LogP contribution in [0.15, 0.2) is 52.2 Å². The molecule has 0 radical (unpaired) electrons. The number of aromatic amines is 1. The lowest BCUT2D eigenvalue weighted by Gasteiger charge is -2.27. The number of nitrogens with one attached hydrogen (secondary N) is 1. The average molecular weight is 394 g/mol. The van der Waals surface area contributed by atoms with Crippen LogP contribution in [-0.4, -0.2) is 34.2 Å². The Labute approximate surface area is 158 Å². The van der Waals surface area contributed by atoms with Crippen LogP contribution in [0.1, 0.15) is 36.4 Å². The second-order valence-corrected chi connectivity index (χ2v) is 6.57. The molecule has 1 saturated heterocycles. The predicted octanol–water partition coefficient (Wildman–Crippen LogP) is 2.34. The summed E-state index contributed by atoms with van der Waals surface area (Å²) in [6.45, 7) is 0.600. The van der Waals surface area contributed by atoms with E-state index in [0.29, 0.717) is 6.42 Å². The number of ether oxygens (including phenoxy) is 2. The number of benzene rings is 1. The molecule has 0 amide bonds. The number of halogens is 2. The number of hydrogen-bond acceptors (Lipinski definition) is 5. The maximum absolute atomic E-state index is 15.6. The van der Waals surface area contributed by atoms with E-state index in [4.69, 9.17) is 9.47 Å². The lowest BCUT2D eigenvalue weighted by atomic mass is 9.96. The van der Waals surface area contributed by atoms with E-state index < -0.39 is 48.0 Å². The molecule has 1 aliphatic heterocycles. The third kappa shape index (κ3) is 3.75. The Kier molecular flexibility index (Phi) is 5.73. The molecule has 1 aromatic carbocycles. The van der Waals surface area contributed by atoms with Gasteiger partial charge in [0.15, 0.2) is 12.3 Å². The summed E-state index contributed by atoms with van der Waals surface area (Å²) in [5.74, 6) is -4.57. The van der Waals surface area contributed by atoms with Gasteiger partial charge in [0.1, 0.15) is 6.67 Å². The Morgan fingerprint density at radius 1 is 1.29 bits per heavy atom. The largest absolute Gasteiger partial charge is 0.452 e. The summed E-state index contributed by atoms with van der Waals surface area (Å²) in [6, 6.07) is 8.97. The van der Waals surface area contributed by atoms with E-state index >= 15 is 4.39 Å². The van der Waals surface area contributed by atoms with E-state index in [2.05, 4.69) is 0 Å². The van der Waals surface area contributed by atoms with Crippen molar-refractivity contribution in [2.75, 3.05) is 6.67 Å². The van der Waals surface area contributed by atoms with Gasteiger partial charge in [-0.3, -0.25) is 18.7 Å². The van der Waals surface area contributed by atoms with Gasteiger partial charge in [-0.1, -0.05) is 31.5 Å². The summed E-state index contributed by atoms with van der Waals surface area (Å²) in [7, 11) is 0. The Balaban J connectivity index is 1.97. The van der Waals surface area contributed by atoms with Crippen LogP contribution in [0.3, 0.4) is 0 Å². The van der Waals surface area contributed by atoms with Crippen LogP contribution in [0, 0.1) is 5.92 Å². The van der Waals surface area contributed by atoms with E-state index in [1.165, 1.54) is 12.1 Å². The smallest absolute Gasteiger partial charge is 0.338 e. The molecule has 9 heteroatoms. The van der Waals surface area contributed by atoms with Crippen LogP contribution in [0.2, 0.25) is 0 Å². The minimum atomic E-state index is -2.48. The van der Waals surface area contributed by atoms with E-state index in [0.717, 1.165) is 16.8 Å². The Morgan fingerprint density at radius 3 is 2.61 bits per heavy atom. The fourth-order valence-corrected chi connectivity index (χ4v) is 3.35. The molecule has 2 heterocycles. The molecule has 2 aromatic rings. The van der Waals surface area contributed by atoms with E-state index in [1.54, 1.807) is 25.1 Å². The maximum Gasteiger partial charge on any atom is 0.338 e. The molecule has 0 aliphatic carbocycles. The summed E-state index contributed by atoms with van der Waals surface area (Å²) in [5.41, 5.74) is -1.34. The average Bonchev–Trinajstić information content (AvgIpc) is 2.94. The second-order valence-electron chi connectivity index (χ2n) is 6.57. The maximum atomic E-state index is 15.6. The third-order valence-electron chi connectivity index (χ3n) is 4.63. The first-order chi connectivity index (χ1) is 13.4. The van der Waals surface area contributed by atoms with E-state index in [-0.39, 0.29) is 12.0 Å². The van der Waals surface area contributed by atoms with Crippen molar-refractivity contribution >= 4 is 5.97 Å². The molecule has 0 bridgehead atoms. The fraction of sp³-hybridized carbons (Fsp3) is 0.421. The van der Waals surface area contributed by atoms with Gasteiger partial charge >= 0.3 is 11.7 Å². The summed E-state index contributed by atoms with van der Waals surface area (Å²) < 4.78 is 41.1. The number of carbonyl (C=O) groups is 1. The quantitative estimate of drug-likeness (QED) is 0.760.